The van der Waals surface area contributed by atoms with Crippen LogP contribution >= 0.6 is 0 Å². The standard InChI is InChI=1S/C19H25N5O/c1-13-5-6-15(14(2)21-13)16-7-8-20-19(22-16)23-17-11-25-12-18(17)24-9-3-4-10-24/h5-8,17-18H,3-4,9-12H2,1-2H3,(H,20,22,23)/t17-,18-/m0/s1. The van der Waals surface area contributed by atoms with Gasteiger partial charge in [-0.1, -0.05) is 0 Å². The molecule has 2 fully saturated rings. The summed E-state index contributed by atoms with van der Waals surface area (Å²) in [4.78, 5) is 16.2. The fraction of sp³-hybridized carbons (Fsp3) is 0.526. The Kier molecular flexibility index (Phi) is 4.63. The summed E-state index contributed by atoms with van der Waals surface area (Å²) < 4.78 is 5.73. The van der Waals surface area contributed by atoms with Crippen LogP contribution in [0.4, 0.5) is 5.95 Å². The Morgan fingerprint density at radius 1 is 1.08 bits per heavy atom. The van der Waals surface area contributed by atoms with Crippen LogP contribution in [0.15, 0.2) is 24.4 Å². The largest absolute Gasteiger partial charge is 0.378 e. The van der Waals surface area contributed by atoms with Gasteiger partial charge >= 0.3 is 0 Å². The highest BCUT2D eigenvalue weighted by molar-refractivity contribution is 5.62. The summed E-state index contributed by atoms with van der Waals surface area (Å²) >= 11 is 0. The van der Waals surface area contributed by atoms with Crippen molar-refractivity contribution in [1.82, 2.24) is 19.9 Å². The maximum atomic E-state index is 5.73. The molecule has 0 aromatic carbocycles. The molecule has 0 aliphatic carbocycles. The van der Waals surface area contributed by atoms with Crippen LogP contribution in [-0.2, 0) is 4.74 Å². The number of pyridine rings is 1. The molecule has 2 atom stereocenters. The van der Waals surface area contributed by atoms with E-state index < -0.39 is 0 Å². The van der Waals surface area contributed by atoms with Gasteiger partial charge in [0.2, 0.25) is 5.95 Å². The summed E-state index contributed by atoms with van der Waals surface area (Å²) in [6.45, 7) is 7.86. The van der Waals surface area contributed by atoms with Gasteiger partial charge in [-0.3, -0.25) is 9.88 Å². The van der Waals surface area contributed by atoms with Crippen LogP contribution in [0.5, 0.6) is 0 Å². The highest BCUT2D eigenvalue weighted by atomic mass is 16.5. The molecular formula is C19H25N5O. The quantitative estimate of drug-likeness (QED) is 0.923. The Morgan fingerprint density at radius 2 is 1.92 bits per heavy atom. The van der Waals surface area contributed by atoms with E-state index in [4.69, 9.17) is 9.72 Å². The lowest BCUT2D eigenvalue weighted by Crippen LogP contribution is -2.45. The van der Waals surface area contributed by atoms with Gasteiger partial charge in [-0.25, -0.2) is 9.97 Å². The predicted octanol–water partition coefficient (Wildman–Crippen LogP) is 2.43. The SMILES string of the molecule is Cc1ccc(-c2ccnc(N[C@H]3COC[C@@H]3N3CCCC3)n2)c(C)n1. The monoisotopic (exact) mass is 339 g/mol. The molecule has 25 heavy (non-hydrogen) atoms. The lowest BCUT2D eigenvalue weighted by molar-refractivity contribution is 0.159. The van der Waals surface area contributed by atoms with E-state index in [0.29, 0.717) is 18.6 Å². The third kappa shape index (κ3) is 3.50. The Hall–Kier alpha value is -2.05. The fourth-order valence-corrected chi connectivity index (χ4v) is 3.82. The van der Waals surface area contributed by atoms with Crippen LogP contribution in [-0.4, -0.2) is 58.2 Å². The normalized spacial score (nSPS) is 23.9. The van der Waals surface area contributed by atoms with Crippen molar-refractivity contribution >= 4 is 5.95 Å². The predicted molar refractivity (Wildman–Crippen MR) is 97.6 cm³/mol. The van der Waals surface area contributed by atoms with E-state index in [0.717, 1.165) is 29.3 Å². The van der Waals surface area contributed by atoms with Crippen molar-refractivity contribution in [2.45, 2.75) is 38.8 Å². The van der Waals surface area contributed by atoms with Crippen LogP contribution in [0.1, 0.15) is 24.2 Å². The van der Waals surface area contributed by atoms with Gasteiger partial charge < -0.3 is 10.1 Å². The van der Waals surface area contributed by atoms with Crippen molar-refractivity contribution < 1.29 is 4.74 Å². The number of anilines is 1. The summed E-state index contributed by atoms with van der Waals surface area (Å²) in [5, 5.41) is 3.50. The first-order chi connectivity index (χ1) is 12.2. The van der Waals surface area contributed by atoms with Gasteiger partial charge in [-0.2, -0.15) is 0 Å². The van der Waals surface area contributed by atoms with Gasteiger partial charge in [-0.15, -0.1) is 0 Å². The second-order valence-corrected chi connectivity index (χ2v) is 6.95. The molecule has 1 N–H and O–H groups in total. The minimum Gasteiger partial charge on any atom is -0.378 e. The van der Waals surface area contributed by atoms with Crippen LogP contribution in [0.2, 0.25) is 0 Å². The number of hydrogen-bond donors (Lipinski definition) is 1. The van der Waals surface area contributed by atoms with Crippen LogP contribution in [0.25, 0.3) is 11.3 Å². The van der Waals surface area contributed by atoms with Crippen LogP contribution < -0.4 is 5.32 Å². The lowest BCUT2D eigenvalue weighted by Gasteiger charge is -2.27. The second-order valence-electron chi connectivity index (χ2n) is 6.95. The summed E-state index contributed by atoms with van der Waals surface area (Å²) in [5.41, 5.74) is 3.96. The van der Waals surface area contributed by atoms with Crippen molar-refractivity contribution in [1.29, 1.82) is 0 Å². The molecule has 2 aliphatic heterocycles. The van der Waals surface area contributed by atoms with E-state index in [1.807, 2.05) is 32.2 Å². The molecular weight excluding hydrogens is 314 g/mol. The maximum Gasteiger partial charge on any atom is 0.223 e. The van der Waals surface area contributed by atoms with Gasteiger partial charge in [0.05, 0.1) is 31.0 Å². The van der Waals surface area contributed by atoms with Crippen molar-refractivity contribution in [3.63, 3.8) is 0 Å². The van der Waals surface area contributed by atoms with Crippen molar-refractivity contribution in [3.05, 3.63) is 35.8 Å². The van der Waals surface area contributed by atoms with E-state index in [2.05, 4.69) is 26.3 Å². The molecule has 0 saturated carbocycles. The van der Waals surface area contributed by atoms with E-state index in [1.165, 1.54) is 25.9 Å². The van der Waals surface area contributed by atoms with Crippen molar-refractivity contribution in [2.75, 3.05) is 31.6 Å². The molecule has 0 unspecified atom stereocenters. The first kappa shape index (κ1) is 16.4. The Morgan fingerprint density at radius 3 is 2.72 bits per heavy atom. The highest BCUT2D eigenvalue weighted by Gasteiger charge is 2.34. The third-order valence-corrected chi connectivity index (χ3v) is 5.13. The molecule has 132 valence electrons. The molecule has 6 heteroatoms. The molecule has 0 spiro atoms. The van der Waals surface area contributed by atoms with Gasteiger partial charge in [0, 0.05) is 23.1 Å². The maximum absolute atomic E-state index is 5.73. The lowest BCUT2D eigenvalue weighted by atomic mass is 10.1. The van der Waals surface area contributed by atoms with Crippen molar-refractivity contribution in [3.8, 4) is 11.3 Å². The van der Waals surface area contributed by atoms with Crippen LogP contribution in [0.3, 0.4) is 0 Å². The zero-order valence-corrected chi connectivity index (χ0v) is 14.9. The number of aromatic nitrogens is 3. The van der Waals surface area contributed by atoms with Crippen molar-refractivity contribution in [2.24, 2.45) is 0 Å². The Labute approximate surface area is 148 Å². The minimum atomic E-state index is 0.241. The van der Waals surface area contributed by atoms with Gasteiger partial charge in [0.25, 0.3) is 0 Å². The number of nitrogens with zero attached hydrogens (tertiary/aromatic N) is 4. The zero-order chi connectivity index (χ0) is 17.2. The third-order valence-electron chi connectivity index (χ3n) is 5.13. The highest BCUT2D eigenvalue weighted by Crippen LogP contribution is 2.23. The van der Waals surface area contributed by atoms with E-state index >= 15 is 0 Å². The molecule has 6 nitrogen and oxygen atoms in total. The molecule has 2 aromatic heterocycles. The first-order valence-corrected chi connectivity index (χ1v) is 9.07. The molecule has 2 saturated heterocycles. The average molecular weight is 339 g/mol. The summed E-state index contributed by atoms with van der Waals surface area (Å²) in [6, 6.07) is 6.69. The molecule has 2 aromatic rings. The molecule has 4 rings (SSSR count). The molecule has 0 radical (unpaired) electrons. The second kappa shape index (κ2) is 7.06. The number of ether oxygens (including phenoxy) is 1. The topological polar surface area (TPSA) is 63.2 Å². The smallest absolute Gasteiger partial charge is 0.223 e. The summed E-state index contributed by atoms with van der Waals surface area (Å²) in [5.74, 6) is 0.664. The van der Waals surface area contributed by atoms with Crippen LogP contribution in [0, 0.1) is 13.8 Å². The van der Waals surface area contributed by atoms with E-state index in [9.17, 15) is 0 Å². The number of likely N-dealkylation sites (tertiary alicyclic amines) is 1. The number of nitrogens with one attached hydrogen (secondary N) is 1. The van der Waals surface area contributed by atoms with Gasteiger partial charge in [0.1, 0.15) is 0 Å². The van der Waals surface area contributed by atoms with Gasteiger partial charge in [-0.05, 0) is 58.0 Å². The molecule has 4 heterocycles. The summed E-state index contributed by atoms with van der Waals surface area (Å²) in [6.07, 6.45) is 4.38. The Bertz CT molecular complexity index is 744. The number of aryl methyl sites for hydroxylation is 2. The Balaban J connectivity index is 1.53. The summed E-state index contributed by atoms with van der Waals surface area (Å²) in [7, 11) is 0. The fourth-order valence-electron chi connectivity index (χ4n) is 3.82. The number of hydrogen-bond acceptors (Lipinski definition) is 6. The van der Waals surface area contributed by atoms with Gasteiger partial charge in [0.15, 0.2) is 0 Å². The first-order valence-electron chi connectivity index (χ1n) is 9.07. The molecule has 0 amide bonds. The zero-order valence-electron chi connectivity index (χ0n) is 14.9. The van der Waals surface area contributed by atoms with E-state index in [1.54, 1.807) is 0 Å². The average Bonchev–Trinajstić information content (AvgIpc) is 3.26. The minimum absolute atomic E-state index is 0.241. The molecule has 2 aliphatic rings. The molecule has 0 bridgehead atoms. The number of rotatable bonds is 4. The van der Waals surface area contributed by atoms with E-state index in [-0.39, 0.29) is 6.04 Å².